The van der Waals surface area contributed by atoms with Crippen molar-refractivity contribution >= 4 is 46.4 Å². The molecule has 1 heterocycles. The van der Waals surface area contributed by atoms with Gasteiger partial charge in [-0.1, -0.05) is 23.7 Å². The van der Waals surface area contributed by atoms with Crippen LogP contribution in [0.4, 0.5) is 30.2 Å². The monoisotopic (exact) mass is 482 g/mol. The van der Waals surface area contributed by atoms with Crippen LogP contribution in [0.3, 0.4) is 0 Å². The van der Waals surface area contributed by atoms with Crippen LogP contribution in [0, 0.1) is 0 Å². The van der Waals surface area contributed by atoms with Crippen LogP contribution in [0.2, 0.25) is 5.02 Å². The third-order valence-corrected chi connectivity index (χ3v) is 5.34. The zero-order valence-corrected chi connectivity index (χ0v) is 18.6. The van der Waals surface area contributed by atoms with Crippen LogP contribution in [-0.2, 0) is 20.6 Å². The molecule has 2 aromatic carbocycles. The number of nitrogens with one attached hydrogen (secondary N) is 2. The lowest BCUT2D eigenvalue weighted by Crippen LogP contribution is -2.45. The number of carbonyl (C=O) groups is 3. The fraction of sp³-hybridized carbons (Fsp3) is 0.318. The Kier molecular flexibility index (Phi) is 7.28. The first kappa shape index (κ1) is 24.5. The van der Waals surface area contributed by atoms with Crippen molar-refractivity contribution in [3.8, 4) is 0 Å². The fourth-order valence-electron chi connectivity index (χ4n) is 3.56. The molecule has 176 valence electrons. The molecule has 0 saturated carbocycles. The van der Waals surface area contributed by atoms with Gasteiger partial charge in [0.1, 0.15) is 0 Å². The van der Waals surface area contributed by atoms with Gasteiger partial charge in [0.25, 0.3) is 0 Å². The summed E-state index contributed by atoms with van der Waals surface area (Å²) in [6.45, 7) is 1.33. The van der Waals surface area contributed by atoms with E-state index in [0.29, 0.717) is 11.4 Å². The maximum Gasteiger partial charge on any atom is 0.416 e. The number of nitrogens with zero attached hydrogens (tertiary/aromatic N) is 2. The molecule has 0 aliphatic carbocycles. The normalized spacial score (nSPS) is 16.2. The molecule has 1 unspecified atom stereocenters. The SMILES string of the molecule is CC1CC(=O)Nc2ccccc2N1C(=O)CN(C)CC(=O)Nc1cc(C(F)(F)F)ccc1Cl. The molecule has 0 aromatic heterocycles. The van der Waals surface area contributed by atoms with Gasteiger partial charge in [0.15, 0.2) is 0 Å². The zero-order valence-electron chi connectivity index (χ0n) is 17.9. The molecule has 7 nitrogen and oxygen atoms in total. The summed E-state index contributed by atoms with van der Waals surface area (Å²) < 4.78 is 38.8. The van der Waals surface area contributed by atoms with Gasteiger partial charge in [0, 0.05) is 12.5 Å². The van der Waals surface area contributed by atoms with Crippen LogP contribution in [0.5, 0.6) is 0 Å². The minimum absolute atomic E-state index is 0.0396. The Balaban J connectivity index is 1.67. The maximum atomic E-state index is 13.1. The molecule has 1 aliphatic rings. The van der Waals surface area contributed by atoms with Crippen molar-refractivity contribution in [2.45, 2.75) is 25.6 Å². The first-order chi connectivity index (χ1) is 15.5. The van der Waals surface area contributed by atoms with E-state index in [9.17, 15) is 27.6 Å². The summed E-state index contributed by atoms with van der Waals surface area (Å²) >= 11 is 5.91. The summed E-state index contributed by atoms with van der Waals surface area (Å²) in [5.74, 6) is -1.18. The van der Waals surface area contributed by atoms with Crippen molar-refractivity contribution in [3.63, 3.8) is 0 Å². The van der Waals surface area contributed by atoms with E-state index in [2.05, 4.69) is 10.6 Å². The van der Waals surface area contributed by atoms with E-state index in [4.69, 9.17) is 11.6 Å². The number of hydrogen-bond acceptors (Lipinski definition) is 4. The van der Waals surface area contributed by atoms with Crippen LogP contribution in [0.1, 0.15) is 18.9 Å². The molecule has 2 N–H and O–H groups in total. The van der Waals surface area contributed by atoms with Crippen LogP contribution >= 0.6 is 11.6 Å². The second kappa shape index (κ2) is 9.80. The number of alkyl halides is 3. The molecule has 1 aliphatic heterocycles. The Morgan fingerprint density at radius 2 is 1.91 bits per heavy atom. The molecule has 3 amide bonds. The summed E-state index contributed by atoms with van der Waals surface area (Å²) in [5, 5.41) is 5.08. The van der Waals surface area contributed by atoms with E-state index in [-0.39, 0.29) is 42.0 Å². The first-order valence-electron chi connectivity index (χ1n) is 10.0. The molecule has 1 atom stereocenters. The smallest absolute Gasteiger partial charge is 0.324 e. The third-order valence-electron chi connectivity index (χ3n) is 5.01. The van der Waals surface area contributed by atoms with Crippen LogP contribution in [-0.4, -0.2) is 48.8 Å². The minimum Gasteiger partial charge on any atom is -0.324 e. The zero-order chi connectivity index (χ0) is 24.3. The van der Waals surface area contributed by atoms with Gasteiger partial charge in [0.2, 0.25) is 17.7 Å². The molecular weight excluding hydrogens is 461 g/mol. The molecule has 0 bridgehead atoms. The van der Waals surface area contributed by atoms with E-state index in [1.165, 1.54) is 16.8 Å². The van der Waals surface area contributed by atoms with Crippen LogP contribution < -0.4 is 15.5 Å². The predicted molar refractivity (Wildman–Crippen MR) is 119 cm³/mol. The predicted octanol–water partition coefficient (Wildman–Crippen LogP) is 3.99. The topological polar surface area (TPSA) is 81.8 Å². The number of benzene rings is 2. The highest BCUT2D eigenvalue weighted by Gasteiger charge is 2.32. The summed E-state index contributed by atoms with van der Waals surface area (Å²) in [5.41, 5.74) is -0.0483. The lowest BCUT2D eigenvalue weighted by Gasteiger charge is -2.29. The highest BCUT2D eigenvalue weighted by atomic mass is 35.5. The van der Waals surface area contributed by atoms with Crippen molar-refractivity contribution in [2.75, 3.05) is 35.7 Å². The molecule has 2 aromatic rings. The number of amides is 3. The summed E-state index contributed by atoms with van der Waals surface area (Å²) in [7, 11) is 1.53. The molecule has 0 fully saturated rings. The summed E-state index contributed by atoms with van der Waals surface area (Å²) in [6.07, 6.45) is -4.47. The number of halogens is 4. The number of hydrogen-bond donors (Lipinski definition) is 2. The van der Waals surface area contributed by atoms with Gasteiger partial charge in [-0.25, -0.2) is 0 Å². The van der Waals surface area contributed by atoms with E-state index in [1.54, 1.807) is 31.2 Å². The lowest BCUT2D eigenvalue weighted by atomic mass is 10.1. The average molecular weight is 483 g/mol. The van der Waals surface area contributed by atoms with Crippen molar-refractivity contribution in [3.05, 3.63) is 53.1 Å². The summed E-state index contributed by atoms with van der Waals surface area (Å²) in [6, 6.07) is 9.13. The van der Waals surface area contributed by atoms with Gasteiger partial charge in [-0.15, -0.1) is 0 Å². The van der Waals surface area contributed by atoms with E-state index in [0.717, 1.165) is 18.2 Å². The molecule has 0 saturated heterocycles. The molecule has 0 spiro atoms. The standard InChI is InChI=1S/C22H22ClF3N4O3/c1-13-9-19(31)27-16-5-3-4-6-18(16)30(13)21(33)12-29(2)11-20(32)28-17-10-14(22(24,25)26)7-8-15(17)23/h3-8,10,13H,9,11-12H2,1-2H3,(H,27,31)(H,28,32). The van der Waals surface area contributed by atoms with Crippen molar-refractivity contribution in [1.82, 2.24) is 4.90 Å². The van der Waals surface area contributed by atoms with Gasteiger partial charge in [-0.2, -0.15) is 13.2 Å². The summed E-state index contributed by atoms with van der Waals surface area (Å²) in [4.78, 5) is 40.5. The molecule has 3 rings (SSSR count). The Morgan fingerprint density at radius 3 is 2.61 bits per heavy atom. The number of likely N-dealkylation sites (N-methyl/N-ethyl adjacent to an activating group) is 1. The lowest BCUT2D eigenvalue weighted by molar-refractivity contribution is -0.137. The Morgan fingerprint density at radius 1 is 1.21 bits per heavy atom. The van der Waals surface area contributed by atoms with Crippen molar-refractivity contribution in [2.24, 2.45) is 0 Å². The Bertz CT molecular complexity index is 1080. The largest absolute Gasteiger partial charge is 0.416 e. The van der Waals surface area contributed by atoms with Gasteiger partial charge in [0.05, 0.1) is 40.7 Å². The number of anilines is 3. The van der Waals surface area contributed by atoms with Gasteiger partial charge < -0.3 is 15.5 Å². The van der Waals surface area contributed by atoms with Gasteiger partial charge >= 0.3 is 6.18 Å². The quantitative estimate of drug-likeness (QED) is 0.675. The molecule has 0 radical (unpaired) electrons. The average Bonchev–Trinajstić information content (AvgIpc) is 2.82. The second-order valence-electron chi connectivity index (χ2n) is 7.80. The maximum absolute atomic E-state index is 13.1. The van der Waals surface area contributed by atoms with Crippen LogP contribution in [0.15, 0.2) is 42.5 Å². The third kappa shape index (κ3) is 6.02. The van der Waals surface area contributed by atoms with E-state index < -0.39 is 23.7 Å². The Labute approximate surface area is 193 Å². The van der Waals surface area contributed by atoms with Crippen molar-refractivity contribution < 1.29 is 27.6 Å². The van der Waals surface area contributed by atoms with Gasteiger partial charge in [-0.3, -0.25) is 19.3 Å². The van der Waals surface area contributed by atoms with Gasteiger partial charge in [-0.05, 0) is 44.3 Å². The second-order valence-corrected chi connectivity index (χ2v) is 8.20. The number of rotatable bonds is 5. The van der Waals surface area contributed by atoms with E-state index >= 15 is 0 Å². The molecule has 33 heavy (non-hydrogen) atoms. The highest BCUT2D eigenvalue weighted by molar-refractivity contribution is 6.33. The molecular formula is C22H22ClF3N4O3. The van der Waals surface area contributed by atoms with Crippen LogP contribution in [0.25, 0.3) is 0 Å². The first-order valence-corrected chi connectivity index (χ1v) is 10.4. The number of carbonyl (C=O) groups excluding carboxylic acids is 3. The number of fused-ring (bicyclic) bond motifs is 1. The fourth-order valence-corrected chi connectivity index (χ4v) is 3.73. The molecule has 11 heteroatoms. The Hall–Kier alpha value is -3.11. The number of para-hydroxylation sites is 2. The highest BCUT2D eigenvalue weighted by Crippen LogP contribution is 2.34. The van der Waals surface area contributed by atoms with E-state index in [1.807, 2.05) is 0 Å². The minimum atomic E-state index is -4.58. The van der Waals surface area contributed by atoms with Crippen molar-refractivity contribution in [1.29, 1.82) is 0 Å².